The Morgan fingerprint density at radius 1 is 1.33 bits per heavy atom. The van der Waals surface area contributed by atoms with Gasteiger partial charge in [-0.25, -0.2) is 0 Å². The molecular formula is C19H24N2O3. The van der Waals surface area contributed by atoms with Crippen LogP contribution in [0.1, 0.15) is 31.4 Å². The standard InChI is InChI=1S/C19H24N2O3/c1-23-15-5-6-18-13(8-15)9-16(24-18)12-21-7-3-2-4-17(21)14-10-19(22)20-11-14/h5-6,8-9,14,17H,2-4,7,10-12H2,1H3,(H,20,22)/t14-,17+/m1/s1. The van der Waals surface area contributed by atoms with Crippen molar-refractivity contribution in [2.24, 2.45) is 5.92 Å². The van der Waals surface area contributed by atoms with Crippen molar-refractivity contribution in [1.29, 1.82) is 0 Å². The SMILES string of the molecule is COc1ccc2oc(CN3CCCC[C@H]3[C@H]3CNC(=O)C3)cc2c1. The van der Waals surface area contributed by atoms with Crippen molar-refractivity contribution in [3.8, 4) is 5.75 Å². The second-order valence-electron chi connectivity index (χ2n) is 6.92. The van der Waals surface area contributed by atoms with E-state index >= 15 is 0 Å². The van der Waals surface area contributed by atoms with Crippen LogP contribution in [-0.2, 0) is 11.3 Å². The summed E-state index contributed by atoms with van der Waals surface area (Å²) < 4.78 is 11.3. The van der Waals surface area contributed by atoms with Crippen LogP contribution in [0.15, 0.2) is 28.7 Å². The molecule has 2 saturated heterocycles. The Kier molecular flexibility index (Phi) is 4.19. The highest BCUT2D eigenvalue weighted by atomic mass is 16.5. The largest absolute Gasteiger partial charge is 0.497 e. The Labute approximate surface area is 141 Å². The molecule has 24 heavy (non-hydrogen) atoms. The van der Waals surface area contributed by atoms with Gasteiger partial charge < -0.3 is 14.5 Å². The first-order valence-electron chi connectivity index (χ1n) is 8.80. The molecule has 0 radical (unpaired) electrons. The normalized spacial score (nSPS) is 25.1. The van der Waals surface area contributed by atoms with Crippen LogP contribution in [-0.4, -0.2) is 37.0 Å². The number of nitrogens with zero attached hydrogens (tertiary/aromatic N) is 1. The van der Waals surface area contributed by atoms with E-state index in [1.54, 1.807) is 7.11 Å². The van der Waals surface area contributed by atoms with Crippen molar-refractivity contribution in [3.05, 3.63) is 30.0 Å². The average molecular weight is 328 g/mol. The number of fused-ring (bicyclic) bond motifs is 1. The van der Waals surface area contributed by atoms with Gasteiger partial charge in [-0.3, -0.25) is 9.69 Å². The van der Waals surface area contributed by atoms with Crippen molar-refractivity contribution in [1.82, 2.24) is 10.2 Å². The number of ether oxygens (including phenoxy) is 1. The highest BCUT2D eigenvalue weighted by Gasteiger charge is 2.34. The number of hydrogen-bond donors (Lipinski definition) is 1. The Morgan fingerprint density at radius 3 is 3.04 bits per heavy atom. The Morgan fingerprint density at radius 2 is 2.25 bits per heavy atom. The fourth-order valence-electron chi connectivity index (χ4n) is 4.13. The van der Waals surface area contributed by atoms with Crippen LogP contribution in [0.5, 0.6) is 5.75 Å². The molecule has 0 saturated carbocycles. The van der Waals surface area contributed by atoms with Crippen LogP contribution < -0.4 is 10.1 Å². The first-order valence-corrected chi connectivity index (χ1v) is 8.80. The van der Waals surface area contributed by atoms with Gasteiger partial charge in [0.05, 0.1) is 13.7 Å². The number of rotatable bonds is 4. The highest BCUT2D eigenvalue weighted by molar-refractivity contribution is 5.79. The molecule has 1 N–H and O–H groups in total. The molecule has 2 atom stereocenters. The lowest BCUT2D eigenvalue weighted by Gasteiger charge is -2.38. The molecule has 3 heterocycles. The molecule has 0 aliphatic carbocycles. The smallest absolute Gasteiger partial charge is 0.220 e. The second-order valence-corrected chi connectivity index (χ2v) is 6.92. The zero-order valence-corrected chi connectivity index (χ0v) is 14.1. The van der Waals surface area contributed by atoms with E-state index in [9.17, 15) is 4.79 Å². The molecule has 0 unspecified atom stereocenters. The van der Waals surface area contributed by atoms with Gasteiger partial charge in [-0.2, -0.15) is 0 Å². The average Bonchev–Trinajstić information content (AvgIpc) is 3.20. The molecule has 5 nitrogen and oxygen atoms in total. The molecule has 2 aromatic rings. The van der Waals surface area contributed by atoms with Crippen molar-refractivity contribution < 1.29 is 13.9 Å². The number of benzene rings is 1. The summed E-state index contributed by atoms with van der Waals surface area (Å²) in [4.78, 5) is 14.1. The summed E-state index contributed by atoms with van der Waals surface area (Å²) in [5, 5.41) is 4.06. The van der Waals surface area contributed by atoms with E-state index in [2.05, 4.69) is 16.3 Å². The number of furan rings is 1. The number of carbonyl (C=O) groups is 1. The Bertz CT molecular complexity index is 739. The summed E-state index contributed by atoms with van der Waals surface area (Å²) in [6.45, 7) is 2.71. The minimum Gasteiger partial charge on any atom is -0.497 e. The van der Waals surface area contributed by atoms with Crippen LogP contribution in [0.4, 0.5) is 0 Å². The van der Waals surface area contributed by atoms with Gasteiger partial charge in [0.2, 0.25) is 5.91 Å². The molecule has 128 valence electrons. The topological polar surface area (TPSA) is 54.7 Å². The summed E-state index contributed by atoms with van der Waals surface area (Å²) in [6.07, 6.45) is 4.31. The fourth-order valence-corrected chi connectivity index (χ4v) is 4.13. The zero-order chi connectivity index (χ0) is 16.5. The van der Waals surface area contributed by atoms with E-state index in [0.717, 1.165) is 42.1 Å². The number of hydrogen-bond acceptors (Lipinski definition) is 4. The molecule has 5 heteroatoms. The third-order valence-corrected chi connectivity index (χ3v) is 5.35. The summed E-state index contributed by atoms with van der Waals surface area (Å²) in [6, 6.07) is 8.48. The number of amides is 1. The Balaban J connectivity index is 1.52. The first kappa shape index (κ1) is 15.5. The van der Waals surface area contributed by atoms with Crippen molar-refractivity contribution in [2.45, 2.75) is 38.3 Å². The number of piperidine rings is 1. The number of methoxy groups -OCH3 is 1. The first-order chi connectivity index (χ1) is 11.7. The maximum Gasteiger partial charge on any atom is 0.220 e. The lowest BCUT2D eigenvalue weighted by Crippen LogP contribution is -2.44. The minimum absolute atomic E-state index is 0.196. The van der Waals surface area contributed by atoms with Crippen LogP contribution in [0.2, 0.25) is 0 Å². The maximum absolute atomic E-state index is 11.6. The molecule has 4 rings (SSSR count). The van der Waals surface area contributed by atoms with E-state index in [1.165, 1.54) is 19.3 Å². The third kappa shape index (κ3) is 3.00. The van der Waals surface area contributed by atoms with Gasteiger partial charge in [0.15, 0.2) is 0 Å². The van der Waals surface area contributed by atoms with Gasteiger partial charge in [0, 0.05) is 30.3 Å². The van der Waals surface area contributed by atoms with Crippen molar-refractivity contribution in [3.63, 3.8) is 0 Å². The number of nitrogens with one attached hydrogen (secondary N) is 1. The molecule has 1 aromatic heterocycles. The second kappa shape index (κ2) is 6.48. The van der Waals surface area contributed by atoms with Gasteiger partial charge in [0.25, 0.3) is 0 Å². The molecule has 2 aliphatic heterocycles. The van der Waals surface area contributed by atoms with Crippen LogP contribution in [0, 0.1) is 5.92 Å². The summed E-state index contributed by atoms with van der Waals surface area (Å²) in [5.41, 5.74) is 0.900. The monoisotopic (exact) mass is 328 g/mol. The van der Waals surface area contributed by atoms with Gasteiger partial charge in [0.1, 0.15) is 17.1 Å². The Hall–Kier alpha value is -2.01. The highest BCUT2D eigenvalue weighted by Crippen LogP contribution is 2.30. The molecular weight excluding hydrogens is 304 g/mol. The van der Waals surface area contributed by atoms with E-state index in [-0.39, 0.29) is 5.91 Å². The van der Waals surface area contributed by atoms with Crippen molar-refractivity contribution in [2.75, 3.05) is 20.2 Å². The lowest BCUT2D eigenvalue weighted by molar-refractivity contribution is -0.119. The maximum atomic E-state index is 11.6. The molecule has 1 aromatic carbocycles. The fraction of sp³-hybridized carbons (Fsp3) is 0.526. The minimum atomic E-state index is 0.196. The molecule has 2 fully saturated rings. The lowest BCUT2D eigenvalue weighted by atomic mass is 9.89. The van der Waals surface area contributed by atoms with E-state index < -0.39 is 0 Å². The van der Waals surface area contributed by atoms with E-state index in [0.29, 0.717) is 18.4 Å². The molecule has 0 bridgehead atoms. The van der Waals surface area contributed by atoms with Crippen molar-refractivity contribution >= 4 is 16.9 Å². The van der Waals surface area contributed by atoms with Crippen LogP contribution in [0.25, 0.3) is 11.0 Å². The van der Waals surface area contributed by atoms with Gasteiger partial charge in [-0.05, 0) is 43.7 Å². The quantitative estimate of drug-likeness (QED) is 0.937. The van der Waals surface area contributed by atoms with Gasteiger partial charge in [-0.15, -0.1) is 0 Å². The van der Waals surface area contributed by atoms with E-state index in [4.69, 9.17) is 9.15 Å². The molecule has 1 amide bonds. The number of carbonyl (C=O) groups excluding carboxylic acids is 1. The molecule has 0 spiro atoms. The summed E-state index contributed by atoms with van der Waals surface area (Å²) in [5.74, 6) is 2.47. The van der Waals surface area contributed by atoms with E-state index in [1.807, 2.05) is 18.2 Å². The number of likely N-dealkylation sites (tertiary alicyclic amines) is 1. The predicted molar refractivity (Wildman–Crippen MR) is 91.9 cm³/mol. The zero-order valence-electron chi connectivity index (χ0n) is 14.1. The summed E-state index contributed by atoms with van der Waals surface area (Å²) >= 11 is 0. The third-order valence-electron chi connectivity index (χ3n) is 5.35. The van der Waals surface area contributed by atoms with Gasteiger partial charge in [-0.1, -0.05) is 6.42 Å². The van der Waals surface area contributed by atoms with Gasteiger partial charge >= 0.3 is 0 Å². The van der Waals surface area contributed by atoms with Crippen LogP contribution in [0.3, 0.4) is 0 Å². The van der Waals surface area contributed by atoms with Crippen LogP contribution >= 0.6 is 0 Å². The summed E-state index contributed by atoms with van der Waals surface area (Å²) in [7, 11) is 1.68. The molecule has 2 aliphatic rings. The predicted octanol–water partition coefficient (Wildman–Crippen LogP) is 2.93.